The number of nitrogens with one attached hydrogen (secondary N) is 1. The van der Waals surface area contributed by atoms with Gasteiger partial charge in [0.1, 0.15) is 18.7 Å². The van der Waals surface area contributed by atoms with Gasteiger partial charge in [-0.25, -0.2) is 4.79 Å². The zero-order valence-electron chi connectivity index (χ0n) is 23.0. The first-order valence-electron chi connectivity index (χ1n) is 14.0. The van der Waals surface area contributed by atoms with E-state index in [-0.39, 0.29) is 19.6 Å². The van der Waals surface area contributed by atoms with Crippen LogP contribution in [0, 0.1) is 0 Å². The summed E-state index contributed by atoms with van der Waals surface area (Å²) in [4.78, 5) is 41.4. The molecule has 0 fully saturated rings. The van der Waals surface area contributed by atoms with Crippen molar-refractivity contribution < 1.29 is 19.1 Å². The van der Waals surface area contributed by atoms with Crippen molar-refractivity contribution in [2.75, 3.05) is 0 Å². The van der Waals surface area contributed by atoms with Crippen LogP contribution in [-0.2, 0) is 40.3 Å². The van der Waals surface area contributed by atoms with Gasteiger partial charge in [-0.15, -0.1) is 0 Å². The number of primary amides is 1. The van der Waals surface area contributed by atoms with Crippen LogP contribution in [0.15, 0.2) is 109 Å². The fourth-order valence-corrected chi connectivity index (χ4v) is 5.77. The molecule has 0 spiro atoms. The van der Waals surface area contributed by atoms with E-state index in [1.54, 1.807) is 0 Å². The van der Waals surface area contributed by atoms with Crippen LogP contribution in [0.5, 0.6) is 0 Å². The summed E-state index contributed by atoms with van der Waals surface area (Å²) in [6.07, 6.45) is -0.0836. The highest BCUT2D eigenvalue weighted by Gasteiger charge is 2.37. The van der Waals surface area contributed by atoms with E-state index in [2.05, 4.69) is 11.4 Å². The molecule has 210 valence electrons. The van der Waals surface area contributed by atoms with Crippen LogP contribution in [-0.4, -0.2) is 34.9 Å². The molecule has 0 bridgehead atoms. The lowest BCUT2D eigenvalue weighted by atomic mass is 9.91. The molecule has 42 heavy (non-hydrogen) atoms. The van der Waals surface area contributed by atoms with E-state index in [1.807, 2.05) is 103 Å². The standard InChI is InChI=1S/C35H31N3O4/c36-33(39)31(20-30-28-16-8-6-13-25(28)18-26-14-7-9-17-29(26)30)37-34(40)32-19-24-12-4-5-15-27(24)21-38(32)35(41)42-22-23-10-2-1-3-11-23/h1-18,31-32H,19-22H2,(H2,36,39)(H,37,40)/t31-,32+/m1/s1. The lowest BCUT2D eigenvalue weighted by molar-refractivity contribution is -0.131. The van der Waals surface area contributed by atoms with Crippen molar-refractivity contribution in [1.29, 1.82) is 0 Å². The maximum Gasteiger partial charge on any atom is 0.411 e. The van der Waals surface area contributed by atoms with E-state index in [0.717, 1.165) is 43.8 Å². The van der Waals surface area contributed by atoms with Gasteiger partial charge in [0.25, 0.3) is 0 Å². The molecule has 5 aromatic rings. The number of ether oxygens (including phenoxy) is 1. The summed E-state index contributed by atoms with van der Waals surface area (Å²) in [6, 6.07) is 33.3. The molecule has 1 heterocycles. The molecule has 1 aliphatic rings. The first-order chi connectivity index (χ1) is 20.5. The Morgan fingerprint density at radius 2 is 1.40 bits per heavy atom. The van der Waals surface area contributed by atoms with E-state index < -0.39 is 30.0 Å². The Kier molecular flexibility index (Phi) is 7.56. The number of hydrogen-bond donors (Lipinski definition) is 2. The van der Waals surface area contributed by atoms with Crippen molar-refractivity contribution in [2.24, 2.45) is 5.73 Å². The van der Waals surface area contributed by atoms with E-state index in [1.165, 1.54) is 4.90 Å². The van der Waals surface area contributed by atoms with Crippen molar-refractivity contribution in [1.82, 2.24) is 10.2 Å². The molecule has 3 N–H and O–H groups in total. The summed E-state index contributed by atoms with van der Waals surface area (Å²) in [6.45, 7) is 0.307. The Morgan fingerprint density at radius 1 is 0.810 bits per heavy atom. The van der Waals surface area contributed by atoms with Crippen LogP contribution in [0.2, 0.25) is 0 Å². The molecule has 0 aliphatic carbocycles. The van der Waals surface area contributed by atoms with Crippen LogP contribution in [0.3, 0.4) is 0 Å². The number of carbonyl (C=O) groups excluding carboxylic acids is 3. The smallest absolute Gasteiger partial charge is 0.411 e. The maximum absolute atomic E-state index is 13.9. The van der Waals surface area contributed by atoms with Gasteiger partial charge in [-0.1, -0.05) is 103 Å². The van der Waals surface area contributed by atoms with Crippen molar-refractivity contribution in [3.63, 3.8) is 0 Å². The third kappa shape index (κ3) is 5.54. The van der Waals surface area contributed by atoms with Gasteiger partial charge >= 0.3 is 6.09 Å². The Hall–Kier alpha value is -5.17. The Balaban J connectivity index is 1.28. The monoisotopic (exact) mass is 557 g/mol. The summed E-state index contributed by atoms with van der Waals surface area (Å²) in [7, 11) is 0. The Bertz CT molecular complexity index is 1730. The van der Waals surface area contributed by atoms with Gasteiger partial charge in [-0.2, -0.15) is 0 Å². The van der Waals surface area contributed by atoms with E-state index in [9.17, 15) is 14.4 Å². The fraction of sp³-hybridized carbons (Fsp3) is 0.171. The SMILES string of the molecule is NC(=O)[C@@H](Cc1c2ccccc2cc2ccccc12)NC(=O)[C@@H]1Cc2ccccc2CN1C(=O)OCc1ccccc1. The van der Waals surface area contributed by atoms with Crippen LogP contribution < -0.4 is 11.1 Å². The molecular formula is C35H31N3O4. The average molecular weight is 558 g/mol. The summed E-state index contributed by atoms with van der Waals surface area (Å²) < 4.78 is 5.62. The molecule has 6 rings (SSSR count). The molecule has 2 atom stereocenters. The fourth-order valence-electron chi connectivity index (χ4n) is 5.77. The quantitative estimate of drug-likeness (QED) is 0.266. The highest BCUT2D eigenvalue weighted by Crippen LogP contribution is 2.30. The number of nitrogens with zero attached hydrogens (tertiary/aromatic N) is 1. The van der Waals surface area contributed by atoms with Gasteiger partial charge in [0.05, 0.1) is 6.54 Å². The van der Waals surface area contributed by atoms with Gasteiger partial charge in [0.15, 0.2) is 0 Å². The van der Waals surface area contributed by atoms with Crippen LogP contribution in [0.1, 0.15) is 22.3 Å². The minimum absolute atomic E-state index is 0.0875. The van der Waals surface area contributed by atoms with Crippen molar-refractivity contribution in [3.05, 3.63) is 131 Å². The lowest BCUT2D eigenvalue weighted by Gasteiger charge is -2.35. The molecule has 7 heteroatoms. The lowest BCUT2D eigenvalue weighted by Crippen LogP contribution is -2.56. The molecule has 0 aromatic heterocycles. The topological polar surface area (TPSA) is 102 Å². The number of fused-ring (bicyclic) bond motifs is 3. The largest absolute Gasteiger partial charge is 0.445 e. The summed E-state index contributed by atoms with van der Waals surface area (Å²) in [5.41, 5.74) is 9.58. The first-order valence-corrected chi connectivity index (χ1v) is 14.0. The van der Waals surface area contributed by atoms with Gasteiger partial charge < -0.3 is 15.8 Å². The normalized spacial score (nSPS) is 15.1. The van der Waals surface area contributed by atoms with Crippen LogP contribution in [0.25, 0.3) is 21.5 Å². The summed E-state index contributed by atoms with van der Waals surface area (Å²) in [5.74, 6) is -1.09. The van der Waals surface area contributed by atoms with E-state index >= 15 is 0 Å². The molecular weight excluding hydrogens is 526 g/mol. The highest BCUT2D eigenvalue weighted by atomic mass is 16.6. The third-order valence-corrected chi connectivity index (χ3v) is 7.94. The van der Waals surface area contributed by atoms with Gasteiger partial charge in [0.2, 0.25) is 11.8 Å². The maximum atomic E-state index is 13.9. The Morgan fingerprint density at radius 3 is 2.07 bits per heavy atom. The second-order valence-corrected chi connectivity index (χ2v) is 10.6. The number of rotatable bonds is 7. The molecule has 0 saturated carbocycles. The summed E-state index contributed by atoms with van der Waals surface area (Å²) >= 11 is 0. The molecule has 0 unspecified atom stereocenters. The van der Waals surface area contributed by atoms with Crippen LogP contribution in [0.4, 0.5) is 4.79 Å². The van der Waals surface area contributed by atoms with Crippen molar-refractivity contribution in [2.45, 2.75) is 38.1 Å². The second kappa shape index (κ2) is 11.7. The number of nitrogens with two attached hydrogens (primary N) is 1. The number of carbonyl (C=O) groups is 3. The zero-order valence-corrected chi connectivity index (χ0v) is 23.0. The predicted molar refractivity (Wildman–Crippen MR) is 162 cm³/mol. The van der Waals surface area contributed by atoms with Crippen LogP contribution >= 0.6 is 0 Å². The van der Waals surface area contributed by atoms with Gasteiger partial charge in [-0.3, -0.25) is 14.5 Å². The minimum atomic E-state index is -0.980. The average Bonchev–Trinajstić information content (AvgIpc) is 3.02. The third-order valence-electron chi connectivity index (χ3n) is 7.94. The first kappa shape index (κ1) is 27.0. The highest BCUT2D eigenvalue weighted by molar-refractivity contribution is 6.03. The minimum Gasteiger partial charge on any atom is -0.445 e. The summed E-state index contributed by atoms with van der Waals surface area (Å²) in [5, 5.41) is 6.96. The second-order valence-electron chi connectivity index (χ2n) is 10.6. The molecule has 5 aromatic carbocycles. The van der Waals surface area contributed by atoms with E-state index in [4.69, 9.17) is 10.5 Å². The number of amides is 3. The number of hydrogen-bond acceptors (Lipinski definition) is 4. The van der Waals surface area contributed by atoms with Gasteiger partial charge in [-0.05, 0) is 49.9 Å². The van der Waals surface area contributed by atoms with Crippen molar-refractivity contribution >= 4 is 39.5 Å². The van der Waals surface area contributed by atoms with Crippen molar-refractivity contribution in [3.8, 4) is 0 Å². The zero-order chi connectivity index (χ0) is 29.1. The van der Waals surface area contributed by atoms with Gasteiger partial charge in [0, 0.05) is 12.8 Å². The predicted octanol–water partition coefficient (Wildman–Crippen LogP) is 5.27. The molecule has 0 saturated heterocycles. The molecule has 7 nitrogen and oxygen atoms in total. The molecule has 1 aliphatic heterocycles. The number of benzene rings is 5. The molecule has 0 radical (unpaired) electrons. The van der Waals surface area contributed by atoms with E-state index in [0.29, 0.717) is 6.42 Å². The molecule has 3 amide bonds. The Labute approximate surface area is 243 Å².